The number of para-hydroxylation sites is 1. The second-order valence-electron chi connectivity index (χ2n) is 7.45. The number of benzene rings is 2. The maximum absolute atomic E-state index is 13.0. The first-order valence-electron chi connectivity index (χ1n) is 10.1. The van der Waals surface area contributed by atoms with E-state index in [0.717, 1.165) is 37.0 Å². The van der Waals surface area contributed by atoms with Gasteiger partial charge in [0.25, 0.3) is 5.91 Å². The van der Waals surface area contributed by atoms with Crippen LogP contribution in [0.2, 0.25) is 0 Å². The number of carbonyl (C=O) groups excluding carboxylic acids is 2. The molecule has 0 unspecified atom stereocenters. The van der Waals surface area contributed by atoms with Crippen molar-refractivity contribution in [2.45, 2.75) is 26.3 Å². The number of quaternary nitrogens is 1. The predicted molar refractivity (Wildman–Crippen MR) is 112 cm³/mol. The van der Waals surface area contributed by atoms with Crippen LogP contribution in [-0.4, -0.2) is 49.7 Å². The highest BCUT2D eigenvalue weighted by Gasteiger charge is 2.35. The van der Waals surface area contributed by atoms with Gasteiger partial charge in [-0.2, -0.15) is 0 Å². The molecular formula is C23H29N2O4+. The normalized spacial score (nSPS) is 15.0. The summed E-state index contributed by atoms with van der Waals surface area (Å²) in [6.45, 7) is 5.14. The lowest BCUT2D eigenvalue weighted by molar-refractivity contribution is -0.922. The summed E-state index contributed by atoms with van der Waals surface area (Å²) < 4.78 is 11.2. The molecule has 1 aliphatic heterocycles. The molecule has 1 N–H and O–H groups in total. The first-order valence-corrected chi connectivity index (χ1v) is 10.1. The third-order valence-electron chi connectivity index (χ3n) is 5.36. The van der Waals surface area contributed by atoms with Crippen molar-refractivity contribution in [1.82, 2.24) is 0 Å². The van der Waals surface area contributed by atoms with Crippen molar-refractivity contribution in [1.29, 1.82) is 0 Å². The third-order valence-corrected chi connectivity index (χ3v) is 5.36. The van der Waals surface area contributed by atoms with Crippen LogP contribution in [0.4, 0.5) is 5.69 Å². The zero-order valence-electron chi connectivity index (χ0n) is 17.1. The van der Waals surface area contributed by atoms with E-state index < -0.39 is 5.97 Å². The van der Waals surface area contributed by atoms with Crippen LogP contribution >= 0.6 is 0 Å². The Balaban J connectivity index is 1.79. The standard InChI is InChI=1S/C23H28N2O4/c1-3-29-23(27)19-12-9-13-20(28-2)22(19)24-21(26)17-25(14-7-8-15-25)16-18-10-5-4-6-11-18/h4-6,9-13H,3,7-8,14-17H2,1-2H3/p+1. The molecule has 1 fully saturated rings. The topological polar surface area (TPSA) is 64.6 Å². The summed E-state index contributed by atoms with van der Waals surface area (Å²) in [6, 6.07) is 15.4. The molecule has 1 amide bonds. The number of hydrogen-bond acceptors (Lipinski definition) is 4. The summed E-state index contributed by atoms with van der Waals surface area (Å²) in [5.41, 5.74) is 1.90. The fourth-order valence-electron chi connectivity index (χ4n) is 4.04. The number of esters is 1. The summed E-state index contributed by atoms with van der Waals surface area (Å²) in [6.07, 6.45) is 2.23. The van der Waals surface area contributed by atoms with Gasteiger partial charge in [0.1, 0.15) is 12.3 Å². The Morgan fingerprint density at radius 2 is 1.76 bits per heavy atom. The van der Waals surface area contributed by atoms with Crippen LogP contribution in [0, 0.1) is 0 Å². The minimum absolute atomic E-state index is 0.127. The van der Waals surface area contributed by atoms with Crippen molar-refractivity contribution in [3.8, 4) is 5.75 Å². The zero-order valence-corrected chi connectivity index (χ0v) is 17.1. The highest BCUT2D eigenvalue weighted by molar-refractivity contribution is 6.03. The minimum atomic E-state index is -0.476. The van der Waals surface area contributed by atoms with E-state index in [1.54, 1.807) is 25.1 Å². The summed E-state index contributed by atoms with van der Waals surface area (Å²) in [7, 11) is 1.52. The second-order valence-corrected chi connectivity index (χ2v) is 7.45. The van der Waals surface area contributed by atoms with Gasteiger partial charge >= 0.3 is 5.97 Å². The molecule has 0 spiro atoms. The van der Waals surface area contributed by atoms with Gasteiger partial charge in [-0.1, -0.05) is 36.4 Å². The van der Waals surface area contributed by atoms with Gasteiger partial charge in [0, 0.05) is 18.4 Å². The smallest absolute Gasteiger partial charge is 0.340 e. The van der Waals surface area contributed by atoms with E-state index in [1.165, 1.54) is 12.7 Å². The van der Waals surface area contributed by atoms with Gasteiger partial charge in [-0.15, -0.1) is 0 Å². The number of methoxy groups -OCH3 is 1. The largest absolute Gasteiger partial charge is 0.495 e. The number of anilines is 1. The molecule has 0 saturated carbocycles. The number of likely N-dealkylation sites (tertiary alicyclic amines) is 1. The Kier molecular flexibility index (Phi) is 6.88. The molecule has 2 aromatic carbocycles. The van der Waals surface area contributed by atoms with Crippen LogP contribution in [-0.2, 0) is 16.1 Å². The fourth-order valence-corrected chi connectivity index (χ4v) is 4.04. The third kappa shape index (κ3) is 5.15. The van der Waals surface area contributed by atoms with Crippen LogP contribution in [0.15, 0.2) is 48.5 Å². The summed E-state index contributed by atoms with van der Waals surface area (Å²) in [5.74, 6) is -0.158. The molecule has 0 bridgehead atoms. The van der Waals surface area contributed by atoms with Gasteiger partial charge in [-0.05, 0) is 19.1 Å². The Labute approximate surface area is 172 Å². The highest BCUT2D eigenvalue weighted by atomic mass is 16.5. The van der Waals surface area contributed by atoms with Crippen LogP contribution in [0.25, 0.3) is 0 Å². The quantitative estimate of drug-likeness (QED) is 0.546. The van der Waals surface area contributed by atoms with Crippen LogP contribution in [0.3, 0.4) is 0 Å². The van der Waals surface area contributed by atoms with E-state index in [2.05, 4.69) is 17.4 Å². The number of ether oxygens (including phenoxy) is 2. The Bertz CT molecular complexity index is 845. The summed E-state index contributed by atoms with van der Waals surface area (Å²) >= 11 is 0. The zero-order chi connectivity index (χ0) is 20.7. The maximum Gasteiger partial charge on any atom is 0.340 e. The number of rotatable bonds is 8. The molecule has 0 radical (unpaired) electrons. The van der Waals surface area contributed by atoms with Crippen molar-refractivity contribution in [2.24, 2.45) is 0 Å². The van der Waals surface area contributed by atoms with E-state index in [1.807, 2.05) is 18.2 Å². The lowest BCUT2D eigenvalue weighted by atomic mass is 10.1. The van der Waals surface area contributed by atoms with Gasteiger partial charge in [0.05, 0.1) is 38.1 Å². The van der Waals surface area contributed by atoms with E-state index in [0.29, 0.717) is 23.5 Å². The Morgan fingerprint density at radius 3 is 2.41 bits per heavy atom. The first kappa shape index (κ1) is 20.9. The fraction of sp³-hybridized carbons (Fsp3) is 0.391. The van der Waals surface area contributed by atoms with E-state index >= 15 is 0 Å². The van der Waals surface area contributed by atoms with Crippen molar-refractivity contribution >= 4 is 17.6 Å². The summed E-state index contributed by atoms with van der Waals surface area (Å²) in [5, 5.41) is 2.93. The van der Waals surface area contributed by atoms with E-state index in [-0.39, 0.29) is 12.5 Å². The molecule has 1 aliphatic rings. The van der Waals surface area contributed by atoms with Crippen LogP contribution < -0.4 is 10.1 Å². The Morgan fingerprint density at radius 1 is 1.03 bits per heavy atom. The van der Waals surface area contributed by atoms with Crippen molar-refractivity contribution < 1.29 is 23.5 Å². The monoisotopic (exact) mass is 397 g/mol. The predicted octanol–water partition coefficient (Wildman–Crippen LogP) is 3.62. The van der Waals surface area contributed by atoms with Crippen LogP contribution in [0.5, 0.6) is 5.75 Å². The van der Waals surface area contributed by atoms with Crippen molar-refractivity contribution in [3.63, 3.8) is 0 Å². The molecule has 1 heterocycles. The Hall–Kier alpha value is -2.86. The van der Waals surface area contributed by atoms with Gasteiger partial charge < -0.3 is 19.3 Å². The number of nitrogens with zero attached hydrogens (tertiary/aromatic N) is 1. The molecule has 2 aromatic rings. The van der Waals surface area contributed by atoms with E-state index in [4.69, 9.17) is 9.47 Å². The van der Waals surface area contributed by atoms with Gasteiger partial charge in [0.2, 0.25) is 0 Å². The molecule has 3 rings (SSSR count). The molecule has 0 aliphatic carbocycles. The molecular weight excluding hydrogens is 368 g/mol. The number of nitrogens with one attached hydrogen (secondary N) is 1. The van der Waals surface area contributed by atoms with Gasteiger partial charge in [-0.25, -0.2) is 4.79 Å². The van der Waals surface area contributed by atoms with E-state index in [9.17, 15) is 9.59 Å². The number of amides is 1. The lowest BCUT2D eigenvalue weighted by Gasteiger charge is -2.33. The molecule has 6 nitrogen and oxygen atoms in total. The summed E-state index contributed by atoms with van der Waals surface area (Å²) in [4.78, 5) is 25.4. The molecule has 0 atom stereocenters. The number of hydrogen-bond donors (Lipinski definition) is 1. The highest BCUT2D eigenvalue weighted by Crippen LogP contribution is 2.30. The lowest BCUT2D eigenvalue weighted by Crippen LogP contribution is -2.49. The van der Waals surface area contributed by atoms with Gasteiger partial charge in [0.15, 0.2) is 6.54 Å². The van der Waals surface area contributed by atoms with Crippen molar-refractivity contribution in [2.75, 3.05) is 38.7 Å². The average Bonchev–Trinajstić information content (AvgIpc) is 3.16. The number of carbonyl (C=O) groups is 2. The van der Waals surface area contributed by atoms with Crippen LogP contribution in [0.1, 0.15) is 35.7 Å². The van der Waals surface area contributed by atoms with Gasteiger partial charge in [-0.3, -0.25) is 4.79 Å². The first-order chi connectivity index (χ1) is 14.1. The average molecular weight is 397 g/mol. The maximum atomic E-state index is 13.0. The molecule has 29 heavy (non-hydrogen) atoms. The molecule has 0 aromatic heterocycles. The molecule has 1 saturated heterocycles. The molecule has 154 valence electrons. The second kappa shape index (κ2) is 9.56. The molecule has 6 heteroatoms. The van der Waals surface area contributed by atoms with Crippen molar-refractivity contribution in [3.05, 3.63) is 59.7 Å². The minimum Gasteiger partial charge on any atom is -0.495 e. The SMILES string of the molecule is CCOC(=O)c1cccc(OC)c1NC(=O)C[N+]1(Cc2ccccc2)CCCC1.